The van der Waals surface area contributed by atoms with Crippen LogP contribution in [0.15, 0.2) is 47.9 Å². The molecule has 0 spiro atoms. The van der Waals surface area contributed by atoms with Crippen LogP contribution in [-0.2, 0) is 4.79 Å². The predicted molar refractivity (Wildman–Crippen MR) is 105 cm³/mol. The zero-order valence-corrected chi connectivity index (χ0v) is 15.8. The predicted octanol–water partition coefficient (Wildman–Crippen LogP) is 4.33. The number of nitrogens with zero attached hydrogens (tertiary/aromatic N) is 2. The topological polar surface area (TPSA) is 51.5 Å². The number of ether oxygens (including phenoxy) is 1. The van der Waals surface area contributed by atoms with Crippen molar-refractivity contribution < 1.29 is 14.3 Å². The summed E-state index contributed by atoms with van der Waals surface area (Å²) in [4.78, 5) is 26.0. The standard InChI is InChI=1S/C20H20N2O3S/c1-5-9-21-19(23)18(26-20(21)24)11-15-10-13(2)22(14(15)3)16-7-6-8-17(12-16)25-4/h5-8,10-12H,1,9H2,2-4H3/b18-11-. The van der Waals surface area contributed by atoms with E-state index in [-0.39, 0.29) is 17.7 Å². The second-order valence-corrected chi connectivity index (χ2v) is 6.94. The summed E-state index contributed by atoms with van der Waals surface area (Å²) in [6, 6.07) is 9.81. The highest BCUT2D eigenvalue weighted by atomic mass is 32.2. The molecule has 0 unspecified atom stereocenters. The van der Waals surface area contributed by atoms with Crippen LogP contribution in [0.2, 0.25) is 0 Å². The Bertz CT molecular complexity index is 927. The molecule has 0 atom stereocenters. The number of rotatable bonds is 5. The van der Waals surface area contributed by atoms with Crippen LogP contribution in [0.3, 0.4) is 0 Å². The van der Waals surface area contributed by atoms with E-state index >= 15 is 0 Å². The summed E-state index contributed by atoms with van der Waals surface area (Å²) in [6.45, 7) is 7.82. The van der Waals surface area contributed by atoms with Gasteiger partial charge in [-0.15, -0.1) is 6.58 Å². The van der Waals surface area contributed by atoms with Crippen LogP contribution in [0, 0.1) is 13.8 Å². The lowest BCUT2D eigenvalue weighted by Gasteiger charge is -2.11. The number of methoxy groups -OCH3 is 1. The molecule has 26 heavy (non-hydrogen) atoms. The highest BCUT2D eigenvalue weighted by Gasteiger charge is 2.34. The Balaban J connectivity index is 2.00. The van der Waals surface area contributed by atoms with Crippen LogP contribution < -0.4 is 4.74 Å². The number of amides is 2. The fourth-order valence-corrected chi connectivity index (χ4v) is 3.85. The first-order valence-electron chi connectivity index (χ1n) is 8.16. The lowest BCUT2D eigenvalue weighted by Crippen LogP contribution is -2.27. The van der Waals surface area contributed by atoms with Crippen LogP contribution in [0.5, 0.6) is 5.75 Å². The van der Waals surface area contributed by atoms with Gasteiger partial charge in [0.2, 0.25) is 0 Å². The third-order valence-electron chi connectivity index (χ3n) is 4.25. The number of hydrogen-bond acceptors (Lipinski definition) is 4. The van der Waals surface area contributed by atoms with Crippen molar-refractivity contribution in [3.63, 3.8) is 0 Å². The Morgan fingerprint density at radius 3 is 2.69 bits per heavy atom. The maximum atomic E-state index is 12.4. The summed E-state index contributed by atoms with van der Waals surface area (Å²) in [6.07, 6.45) is 3.33. The van der Waals surface area contributed by atoms with Crippen molar-refractivity contribution >= 4 is 29.0 Å². The first-order chi connectivity index (χ1) is 12.5. The molecule has 1 saturated heterocycles. The normalized spacial score (nSPS) is 15.8. The van der Waals surface area contributed by atoms with Crippen LogP contribution >= 0.6 is 11.8 Å². The van der Waals surface area contributed by atoms with Gasteiger partial charge in [0.05, 0.1) is 12.0 Å². The molecule has 134 valence electrons. The molecule has 0 aliphatic carbocycles. The van der Waals surface area contributed by atoms with Crippen molar-refractivity contribution in [3.05, 3.63) is 64.8 Å². The van der Waals surface area contributed by atoms with Gasteiger partial charge in [-0.2, -0.15) is 0 Å². The molecule has 2 aromatic rings. The Morgan fingerprint density at radius 1 is 1.23 bits per heavy atom. The molecule has 0 N–H and O–H groups in total. The van der Waals surface area contributed by atoms with Gasteiger partial charge in [-0.25, -0.2) is 0 Å². The van der Waals surface area contributed by atoms with Crippen molar-refractivity contribution in [3.8, 4) is 11.4 Å². The van der Waals surface area contributed by atoms with Gasteiger partial charge in [0, 0.05) is 29.7 Å². The molecule has 1 aliphatic heterocycles. The van der Waals surface area contributed by atoms with E-state index in [2.05, 4.69) is 11.1 Å². The van der Waals surface area contributed by atoms with E-state index in [1.54, 1.807) is 19.3 Å². The number of carbonyl (C=O) groups excluding carboxylic acids is 2. The zero-order valence-electron chi connectivity index (χ0n) is 15.0. The molecule has 3 rings (SSSR count). The summed E-state index contributed by atoms with van der Waals surface area (Å²) in [5.74, 6) is 0.508. The minimum absolute atomic E-state index is 0.227. The molecule has 5 nitrogen and oxygen atoms in total. The SMILES string of the molecule is C=CCN1C(=O)S/C(=C\c2cc(C)n(-c3cccc(OC)c3)c2C)C1=O. The minimum Gasteiger partial charge on any atom is -0.497 e. The summed E-state index contributed by atoms with van der Waals surface area (Å²) >= 11 is 0.964. The Kier molecular flexibility index (Phi) is 5.04. The first-order valence-corrected chi connectivity index (χ1v) is 8.97. The van der Waals surface area contributed by atoms with Crippen LogP contribution in [0.25, 0.3) is 11.8 Å². The molecule has 0 bridgehead atoms. The summed E-state index contributed by atoms with van der Waals surface area (Å²) in [7, 11) is 1.64. The molecule has 1 aromatic carbocycles. The maximum Gasteiger partial charge on any atom is 0.293 e. The lowest BCUT2D eigenvalue weighted by molar-refractivity contribution is -0.122. The third kappa shape index (κ3) is 3.20. The monoisotopic (exact) mass is 368 g/mol. The molecule has 6 heteroatoms. The number of hydrogen-bond donors (Lipinski definition) is 0. The maximum absolute atomic E-state index is 12.4. The number of benzene rings is 1. The van der Waals surface area contributed by atoms with Gasteiger partial charge in [-0.05, 0) is 55.4 Å². The van der Waals surface area contributed by atoms with Crippen LogP contribution in [0.1, 0.15) is 17.0 Å². The number of thioether (sulfide) groups is 1. The number of carbonyl (C=O) groups is 2. The van der Waals surface area contributed by atoms with Crippen molar-refractivity contribution in [2.24, 2.45) is 0 Å². The molecule has 0 saturated carbocycles. The van der Waals surface area contributed by atoms with Crippen LogP contribution in [0.4, 0.5) is 4.79 Å². The van der Waals surface area contributed by atoms with E-state index in [0.29, 0.717) is 4.91 Å². The zero-order chi connectivity index (χ0) is 18.8. The van der Waals surface area contributed by atoms with Crippen molar-refractivity contribution in [1.29, 1.82) is 0 Å². The Hall–Kier alpha value is -2.73. The largest absolute Gasteiger partial charge is 0.497 e. The van der Waals surface area contributed by atoms with Gasteiger partial charge < -0.3 is 9.30 Å². The van der Waals surface area contributed by atoms with E-state index in [9.17, 15) is 9.59 Å². The highest BCUT2D eigenvalue weighted by Crippen LogP contribution is 2.33. The number of imide groups is 1. The fourth-order valence-electron chi connectivity index (χ4n) is 3.01. The molecular formula is C20H20N2O3S. The second-order valence-electron chi connectivity index (χ2n) is 5.94. The van der Waals surface area contributed by atoms with Gasteiger partial charge in [-0.1, -0.05) is 12.1 Å². The molecule has 1 fully saturated rings. The molecular weight excluding hydrogens is 348 g/mol. The number of aromatic nitrogens is 1. The van der Waals surface area contributed by atoms with Crippen LogP contribution in [-0.4, -0.2) is 34.3 Å². The van der Waals surface area contributed by atoms with Gasteiger partial charge in [0.25, 0.3) is 11.1 Å². The third-order valence-corrected chi connectivity index (χ3v) is 5.16. The molecule has 1 aliphatic rings. The Labute approximate surface area is 156 Å². The summed E-state index contributed by atoms with van der Waals surface area (Å²) in [5, 5.41) is -0.261. The molecule has 2 heterocycles. The average Bonchev–Trinajstić information content (AvgIpc) is 3.05. The Morgan fingerprint density at radius 2 is 2.00 bits per heavy atom. The minimum atomic E-state index is -0.272. The van der Waals surface area contributed by atoms with Crippen molar-refractivity contribution in [1.82, 2.24) is 9.47 Å². The van der Waals surface area contributed by atoms with E-state index in [0.717, 1.165) is 40.2 Å². The van der Waals surface area contributed by atoms with Gasteiger partial charge in [0.15, 0.2) is 0 Å². The molecule has 0 radical (unpaired) electrons. The van der Waals surface area contributed by atoms with E-state index < -0.39 is 0 Å². The van der Waals surface area contributed by atoms with Crippen molar-refractivity contribution in [2.75, 3.05) is 13.7 Å². The van der Waals surface area contributed by atoms with E-state index in [4.69, 9.17) is 4.74 Å². The number of aryl methyl sites for hydroxylation is 1. The summed E-state index contributed by atoms with van der Waals surface area (Å²) in [5.41, 5.74) is 3.92. The first kappa shape index (κ1) is 18.1. The van der Waals surface area contributed by atoms with Gasteiger partial charge in [0.1, 0.15) is 5.75 Å². The quantitative estimate of drug-likeness (QED) is 0.582. The second kappa shape index (κ2) is 7.25. The van der Waals surface area contributed by atoms with E-state index in [1.807, 2.05) is 44.2 Å². The average molecular weight is 368 g/mol. The lowest BCUT2D eigenvalue weighted by atomic mass is 10.2. The highest BCUT2D eigenvalue weighted by molar-refractivity contribution is 8.18. The van der Waals surface area contributed by atoms with E-state index in [1.165, 1.54) is 4.90 Å². The van der Waals surface area contributed by atoms with Crippen molar-refractivity contribution in [2.45, 2.75) is 13.8 Å². The molecule has 2 amide bonds. The fraction of sp³-hybridized carbons (Fsp3) is 0.200. The smallest absolute Gasteiger partial charge is 0.293 e. The van der Waals surface area contributed by atoms with Gasteiger partial charge in [-0.3, -0.25) is 14.5 Å². The molecule has 1 aromatic heterocycles. The summed E-state index contributed by atoms with van der Waals surface area (Å²) < 4.78 is 7.41. The van der Waals surface area contributed by atoms with Gasteiger partial charge >= 0.3 is 0 Å².